The molecule has 1 aliphatic heterocycles. The number of epoxide rings is 1. The van der Waals surface area contributed by atoms with Gasteiger partial charge in [-0.05, 0) is 19.3 Å². The fraction of sp³-hybridized carbons (Fsp3) is 0.800. The molecule has 5 heteroatoms. The molecule has 0 aromatic rings. The van der Waals surface area contributed by atoms with Gasteiger partial charge in [-0.2, -0.15) is 0 Å². The fourth-order valence-electron chi connectivity index (χ4n) is 1.59. The highest BCUT2D eigenvalue weighted by Gasteiger charge is 2.41. The predicted molar refractivity (Wildman–Crippen MR) is 61.2 cm³/mol. The van der Waals surface area contributed by atoms with Crippen molar-refractivity contribution in [1.29, 1.82) is 0 Å². The Hall–Kier alpha value is -0.230. The Balaban J connectivity index is 1.90. The first-order valence-corrected chi connectivity index (χ1v) is 6.27. The molecular formula is C10H18N2O2S. The van der Waals surface area contributed by atoms with Crippen LogP contribution in [0.1, 0.15) is 32.6 Å². The summed E-state index contributed by atoms with van der Waals surface area (Å²) >= 11 is 0.729. The summed E-state index contributed by atoms with van der Waals surface area (Å²) in [6.45, 7) is 2.08. The summed E-state index contributed by atoms with van der Waals surface area (Å²) in [7, 11) is 0. The highest BCUT2D eigenvalue weighted by atomic mass is 32.2. The van der Waals surface area contributed by atoms with Crippen LogP contribution in [0, 0.1) is 0 Å². The van der Waals surface area contributed by atoms with Gasteiger partial charge in [-0.3, -0.25) is 5.32 Å². The van der Waals surface area contributed by atoms with Gasteiger partial charge in [-0.15, -0.1) is 0 Å². The molecule has 0 radical (unpaired) electrons. The molecule has 4 nitrogen and oxygen atoms in total. The maximum Gasteiger partial charge on any atom is 0.209 e. The van der Waals surface area contributed by atoms with E-state index in [1.54, 1.807) is 0 Å². The van der Waals surface area contributed by atoms with Gasteiger partial charge in [0.2, 0.25) is 6.23 Å². The molecule has 1 saturated heterocycles. The van der Waals surface area contributed by atoms with Crippen LogP contribution in [0.15, 0.2) is 10.7 Å². The molecule has 15 heavy (non-hydrogen) atoms. The van der Waals surface area contributed by atoms with Gasteiger partial charge < -0.3 is 15.0 Å². The van der Waals surface area contributed by atoms with E-state index in [9.17, 15) is 4.55 Å². The molecule has 1 aliphatic carbocycles. The van der Waals surface area contributed by atoms with Crippen LogP contribution >= 0.6 is 12.0 Å². The average molecular weight is 230 g/mol. The Morgan fingerprint density at radius 2 is 2.47 bits per heavy atom. The van der Waals surface area contributed by atoms with Crippen molar-refractivity contribution in [2.45, 2.75) is 50.9 Å². The molecule has 0 aromatic carbocycles. The summed E-state index contributed by atoms with van der Waals surface area (Å²) in [6.07, 6.45) is 4.37. The monoisotopic (exact) mass is 230 g/mol. The maximum absolute atomic E-state index is 9.17. The van der Waals surface area contributed by atoms with Crippen LogP contribution in [0.5, 0.6) is 0 Å². The normalized spacial score (nSPS) is 29.7. The molecule has 0 aromatic heterocycles. The third-order valence-electron chi connectivity index (χ3n) is 2.67. The van der Waals surface area contributed by atoms with E-state index in [0.29, 0.717) is 6.04 Å². The smallest absolute Gasteiger partial charge is 0.209 e. The number of hydrogen-bond donors (Lipinski definition) is 3. The van der Waals surface area contributed by atoms with Gasteiger partial charge in [0.25, 0.3) is 0 Å². The number of rotatable bonds is 6. The second-order valence-corrected chi connectivity index (χ2v) is 4.78. The summed E-state index contributed by atoms with van der Waals surface area (Å²) in [6, 6.07) is 0.519. The second-order valence-electron chi connectivity index (χ2n) is 4.15. The Bertz CT molecular complexity index is 266. The average Bonchev–Trinajstić information content (AvgIpc) is 3.08. The van der Waals surface area contributed by atoms with Crippen molar-refractivity contribution in [1.82, 2.24) is 5.32 Å². The molecule has 2 atom stereocenters. The standard InChI is InChI=1S/C10H18N2O2S/c1-2-3-7(11)9(15-13)8-10(14-8)12-6-4-5-6/h6-7,10,12-13H,2-5,11H2,1H3/b9-8+/t7-,10?/m0/s1. The topological polar surface area (TPSA) is 70.8 Å². The van der Waals surface area contributed by atoms with E-state index in [4.69, 9.17) is 10.5 Å². The predicted octanol–water partition coefficient (Wildman–Crippen LogP) is 1.64. The van der Waals surface area contributed by atoms with Gasteiger partial charge in [0.05, 0.1) is 4.91 Å². The highest BCUT2D eigenvalue weighted by Crippen LogP contribution is 2.37. The van der Waals surface area contributed by atoms with E-state index >= 15 is 0 Å². The fourth-order valence-corrected chi connectivity index (χ4v) is 2.09. The molecule has 2 aliphatic rings. The van der Waals surface area contributed by atoms with Crippen molar-refractivity contribution in [3.63, 3.8) is 0 Å². The summed E-state index contributed by atoms with van der Waals surface area (Å²) < 4.78 is 14.6. The van der Waals surface area contributed by atoms with E-state index in [0.717, 1.165) is 35.5 Å². The summed E-state index contributed by atoms with van der Waals surface area (Å²) in [5.41, 5.74) is 5.94. The van der Waals surface area contributed by atoms with E-state index in [1.807, 2.05) is 0 Å². The molecule has 0 amide bonds. The quantitative estimate of drug-likeness (QED) is 0.478. The van der Waals surface area contributed by atoms with Crippen molar-refractivity contribution in [2.24, 2.45) is 5.73 Å². The van der Waals surface area contributed by atoms with Gasteiger partial charge in [-0.25, -0.2) is 0 Å². The van der Waals surface area contributed by atoms with Gasteiger partial charge in [0, 0.05) is 24.1 Å². The first-order valence-electron chi connectivity index (χ1n) is 5.50. The first kappa shape index (κ1) is 11.3. The zero-order chi connectivity index (χ0) is 10.8. The van der Waals surface area contributed by atoms with Crippen molar-refractivity contribution in [3.8, 4) is 0 Å². The Labute approximate surface area is 94.5 Å². The molecule has 1 saturated carbocycles. The second kappa shape index (κ2) is 4.74. The Morgan fingerprint density at radius 1 is 1.73 bits per heavy atom. The van der Waals surface area contributed by atoms with Gasteiger partial charge in [0.1, 0.15) is 0 Å². The lowest BCUT2D eigenvalue weighted by atomic mass is 10.1. The number of hydrogen-bond acceptors (Lipinski definition) is 5. The molecule has 1 unspecified atom stereocenters. The number of ether oxygens (including phenoxy) is 1. The molecule has 0 bridgehead atoms. The number of nitrogens with one attached hydrogen (secondary N) is 1. The maximum atomic E-state index is 9.17. The molecule has 0 spiro atoms. The summed E-state index contributed by atoms with van der Waals surface area (Å²) in [4.78, 5) is 0.787. The minimum atomic E-state index is -0.0917. The van der Waals surface area contributed by atoms with Crippen LogP contribution in [0.25, 0.3) is 0 Å². The van der Waals surface area contributed by atoms with Crippen LogP contribution in [0.3, 0.4) is 0 Å². The van der Waals surface area contributed by atoms with Crippen LogP contribution < -0.4 is 11.1 Å². The Kier molecular flexibility index (Phi) is 3.56. The minimum Gasteiger partial charge on any atom is -0.466 e. The number of nitrogens with two attached hydrogens (primary N) is 1. The lowest BCUT2D eigenvalue weighted by molar-refractivity contribution is 0.378. The van der Waals surface area contributed by atoms with Crippen molar-refractivity contribution in [2.75, 3.05) is 0 Å². The summed E-state index contributed by atoms with van der Waals surface area (Å²) in [5.74, 6) is 0.843. The molecule has 2 fully saturated rings. The van der Waals surface area contributed by atoms with Gasteiger partial charge in [-0.1, -0.05) is 13.3 Å². The zero-order valence-corrected chi connectivity index (χ0v) is 9.72. The molecule has 86 valence electrons. The van der Waals surface area contributed by atoms with Crippen LogP contribution in [0.4, 0.5) is 0 Å². The third kappa shape index (κ3) is 2.87. The van der Waals surface area contributed by atoms with Gasteiger partial charge >= 0.3 is 0 Å². The van der Waals surface area contributed by atoms with Crippen molar-refractivity contribution >= 4 is 12.0 Å². The lowest BCUT2D eigenvalue weighted by Crippen LogP contribution is -2.23. The van der Waals surface area contributed by atoms with E-state index < -0.39 is 0 Å². The zero-order valence-electron chi connectivity index (χ0n) is 8.90. The Morgan fingerprint density at radius 3 is 3.00 bits per heavy atom. The van der Waals surface area contributed by atoms with Crippen LogP contribution in [-0.2, 0) is 4.74 Å². The molecule has 2 rings (SSSR count). The van der Waals surface area contributed by atoms with E-state index in [2.05, 4.69) is 12.2 Å². The van der Waals surface area contributed by atoms with E-state index in [1.165, 1.54) is 12.8 Å². The van der Waals surface area contributed by atoms with Crippen LogP contribution in [0.2, 0.25) is 0 Å². The van der Waals surface area contributed by atoms with Crippen molar-refractivity contribution in [3.05, 3.63) is 10.7 Å². The van der Waals surface area contributed by atoms with E-state index in [-0.39, 0.29) is 12.3 Å². The third-order valence-corrected chi connectivity index (χ3v) is 3.37. The van der Waals surface area contributed by atoms with Gasteiger partial charge in [0.15, 0.2) is 5.76 Å². The minimum absolute atomic E-state index is 0.00931. The SMILES string of the molecule is CCC[C@H](N)/C(SO)=C1\OC1NC1CC1. The highest BCUT2D eigenvalue weighted by molar-refractivity contribution is 7.97. The molecular weight excluding hydrogens is 212 g/mol. The lowest BCUT2D eigenvalue weighted by Gasteiger charge is -2.09. The largest absolute Gasteiger partial charge is 0.466 e. The van der Waals surface area contributed by atoms with Crippen LogP contribution in [-0.4, -0.2) is 22.9 Å². The molecule has 4 N–H and O–H groups in total. The molecule has 1 heterocycles. The van der Waals surface area contributed by atoms with Crippen molar-refractivity contribution < 1.29 is 9.29 Å². The summed E-state index contributed by atoms with van der Waals surface area (Å²) in [5, 5.41) is 3.33. The first-order chi connectivity index (χ1) is 7.26.